The SMILES string of the molecule is COC(=O)c1ccc(C2CC(=O)Oc3ccc4c(=O)c(-c5ccc(F)cc5)coc4c32)cc1. The van der Waals surface area contributed by atoms with Gasteiger partial charge >= 0.3 is 11.9 Å². The first kappa shape index (κ1) is 20.6. The number of carbonyl (C=O) groups is 2. The van der Waals surface area contributed by atoms with Crippen LogP contribution in [-0.2, 0) is 9.53 Å². The number of ether oxygens (including phenoxy) is 2. The van der Waals surface area contributed by atoms with Crippen LogP contribution >= 0.6 is 0 Å². The number of rotatable bonds is 3. The molecular weight excluding hydrogens is 427 g/mol. The van der Waals surface area contributed by atoms with E-state index >= 15 is 0 Å². The minimum Gasteiger partial charge on any atom is -0.465 e. The molecule has 0 N–H and O–H groups in total. The molecule has 6 nitrogen and oxygen atoms in total. The zero-order valence-corrected chi connectivity index (χ0v) is 17.5. The van der Waals surface area contributed by atoms with Gasteiger partial charge in [0, 0.05) is 11.5 Å². The fraction of sp³-hybridized carbons (Fsp3) is 0.115. The van der Waals surface area contributed by atoms with Crippen molar-refractivity contribution < 1.29 is 27.9 Å². The molecule has 1 atom stereocenters. The van der Waals surface area contributed by atoms with Crippen molar-refractivity contribution in [2.45, 2.75) is 12.3 Å². The van der Waals surface area contributed by atoms with Crippen LogP contribution in [0.1, 0.15) is 33.8 Å². The first-order valence-electron chi connectivity index (χ1n) is 10.2. The summed E-state index contributed by atoms with van der Waals surface area (Å²) in [5.74, 6) is -1.39. The summed E-state index contributed by atoms with van der Waals surface area (Å²) in [6, 6.07) is 15.4. The number of esters is 2. The van der Waals surface area contributed by atoms with E-state index in [2.05, 4.69) is 0 Å². The smallest absolute Gasteiger partial charge is 0.337 e. The highest BCUT2D eigenvalue weighted by Gasteiger charge is 2.32. The molecule has 3 aromatic carbocycles. The molecule has 0 radical (unpaired) electrons. The topological polar surface area (TPSA) is 82.8 Å². The molecule has 1 unspecified atom stereocenters. The lowest BCUT2D eigenvalue weighted by Crippen LogP contribution is -2.22. The quantitative estimate of drug-likeness (QED) is 0.333. The number of methoxy groups -OCH3 is 1. The van der Waals surface area contributed by atoms with Crippen LogP contribution in [0.5, 0.6) is 5.75 Å². The summed E-state index contributed by atoms with van der Waals surface area (Å²) in [6.45, 7) is 0. The molecule has 7 heteroatoms. The fourth-order valence-electron chi connectivity index (χ4n) is 4.14. The Kier molecular flexibility index (Phi) is 5.01. The summed E-state index contributed by atoms with van der Waals surface area (Å²) >= 11 is 0. The largest absolute Gasteiger partial charge is 0.465 e. The maximum atomic E-state index is 13.3. The molecule has 0 aliphatic carbocycles. The Labute approximate surface area is 187 Å². The van der Waals surface area contributed by atoms with E-state index in [1.54, 1.807) is 36.4 Å². The van der Waals surface area contributed by atoms with E-state index in [0.717, 1.165) is 5.56 Å². The van der Waals surface area contributed by atoms with E-state index in [9.17, 15) is 18.8 Å². The second-order valence-electron chi connectivity index (χ2n) is 7.68. The van der Waals surface area contributed by atoms with Gasteiger partial charge < -0.3 is 13.9 Å². The van der Waals surface area contributed by atoms with E-state index in [1.165, 1.54) is 37.6 Å². The molecule has 0 fully saturated rings. The molecule has 2 heterocycles. The van der Waals surface area contributed by atoms with Gasteiger partial charge in [0.15, 0.2) is 0 Å². The average Bonchev–Trinajstić information content (AvgIpc) is 2.83. The van der Waals surface area contributed by atoms with Crippen LogP contribution in [0.3, 0.4) is 0 Å². The molecule has 0 saturated heterocycles. The summed E-state index contributed by atoms with van der Waals surface area (Å²) in [5, 5.41) is 0.324. The van der Waals surface area contributed by atoms with E-state index < -0.39 is 23.7 Å². The van der Waals surface area contributed by atoms with Crippen LogP contribution in [0.25, 0.3) is 22.1 Å². The van der Waals surface area contributed by atoms with Gasteiger partial charge in [0.2, 0.25) is 5.43 Å². The van der Waals surface area contributed by atoms with Crippen molar-refractivity contribution in [3.05, 3.63) is 99.7 Å². The molecule has 1 aromatic heterocycles. The second-order valence-corrected chi connectivity index (χ2v) is 7.68. The molecule has 0 saturated carbocycles. The molecular formula is C26H17FO6. The summed E-state index contributed by atoms with van der Waals surface area (Å²) in [4.78, 5) is 37.3. The monoisotopic (exact) mass is 444 g/mol. The fourth-order valence-corrected chi connectivity index (χ4v) is 4.14. The predicted octanol–water partition coefficient (Wildman–Crippen LogP) is 4.83. The normalized spacial score (nSPS) is 15.1. The summed E-state index contributed by atoms with van der Waals surface area (Å²) < 4.78 is 29.4. The van der Waals surface area contributed by atoms with E-state index in [-0.39, 0.29) is 11.8 Å². The third-order valence-corrected chi connectivity index (χ3v) is 5.77. The van der Waals surface area contributed by atoms with E-state index in [0.29, 0.717) is 39.0 Å². The Bertz CT molecular complexity index is 1450. The van der Waals surface area contributed by atoms with Crippen LogP contribution in [0.4, 0.5) is 4.39 Å². The van der Waals surface area contributed by atoms with Gasteiger partial charge in [-0.3, -0.25) is 9.59 Å². The number of fused-ring (bicyclic) bond motifs is 3. The number of hydrogen-bond donors (Lipinski definition) is 0. The van der Waals surface area contributed by atoms with Gasteiger partial charge in [-0.2, -0.15) is 0 Å². The van der Waals surface area contributed by atoms with Crippen molar-refractivity contribution in [3.8, 4) is 16.9 Å². The zero-order chi connectivity index (χ0) is 23.1. The molecule has 0 bridgehead atoms. The third-order valence-electron chi connectivity index (χ3n) is 5.77. The second kappa shape index (κ2) is 8.02. The Hall–Kier alpha value is -4.26. The summed E-state index contributed by atoms with van der Waals surface area (Å²) in [5.41, 5.74) is 2.60. The number of benzene rings is 3. The highest BCUT2D eigenvalue weighted by molar-refractivity contribution is 5.91. The summed E-state index contributed by atoms with van der Waals surface area (Å²) in [7, 11) is 1.30. The minimum atomic E-state index is -0.463. The maximum Gasteiger partial charge on any atom is 0.337 e. The van der Waals surface area contributed by atoms with Crippen LogP contribution in [0, 0.1) is 5.82 Å². The van der Waals surface area contributed by atoms with Crippen LogP contribution < -0.4 is 10.2 Å². The molecule has 1 aliphatic rings. The minimum absolute atomic E-state index is 0.0487. The first-order valence-corrected chi connectivity index (χ1v) is 10.2. The van der Waals surface area contributed by atoms with Crippen LogP contribution in [-0.4, -0.2) is 19.0 Å². The Balaban J connectivity index is 1.66. The van der Waals surface area contributed by atoms with E-state index in [4.69, 9.17) is 13.9 Å². The predicted molar refractivity (Wildman–Crippen MR) is 118 cm³/mol. The lowest BCUT2D eigenvalue weighted by Gasteiger charge is -2.25. The molecule has 0 spiro atoms. The van der Waals surface area contributed by atoms with Gasteiger partial charge in [-0.15, -0.1) is 0 Å². The van der Waals surface area contributed by atoms with Gasteiger partial charge in [0.05, 0.1) is 30.0 Å². The Morgan fingerprint density at radius 1 is 1.00 bits per heavy atom. The molecule has 5 rings (SSSR count). The van der Waals surface area contributed by atoms with Crippen LogP contribution in [0.15, 0.2) is 76.1 Å². The highest BCUT2D eigenvalue weighted by atomic mass is 19.1. The number of halogens is 1. The maximum absolute atomic E-state index is 13.3. The zero-order valence-electron chi connectivity index (χ0n) is 17.5. The molecule has 4 aromatic rings. The van der Waals surface area contributed by atoms with Gasteiger partial charge in [-0.1, -0.05) is 24.3 Å². The van der Waals surface area contributed by atoms with Crippen LogP contribution in [0.2, 0.25) is 0 Å². The van der Waals surface area contributed by atoms with E-state index in [1.807, 2.05) is 0 Å². The molecule has 1 aliphatic heterocycles. The van der Waals surface area contributed by atoms with Crippen molar-refractivity contribution in [1.29, 1.82) is 0 Å². The van der Waals surface area contributed by atoms with Crippen molar-refractivity contribution in [2.75, 3.05) is 7.11 Å². The number of hydrogen-bond acceptors (Lipinski definition) is 6. The Morgan fingerprint density at radius 3 is 2.42 bits per heavy atom. The van der Waals surface area contributed by atoms with Gasteiger partial charge in [0.1, 0.15) is 23.4 Å². The third kappa shape index (κ3) is 3.57. The van der Waals surface area contributed by atoms with Gasteiger partial charge in [0.25, 0.3) is 0 Å². The van der Waals surface area contributed by atoms with Gasteiger partial charge in [-0.05, 0) is 47.5 Å². The lowest BCUT2D eigenvalue weighted by molar-refractivity contribution is -0.135. The first-order chi connectivity index (χ1) is 16.0. The lowest BCUT2D eigenvalue weighted by atomic mass is 9.85. The highest BCUT2D eigenvalue weighted by Crippen LogP contribution is 2.42. The standard InChI is InChI=1S/C26H17FO6/c1-31-26(30)16-4-2-14(3-5-16)19-12-22(28)33-21-11-10-18-24(29)20(13-32-25(18)23(19)21)15-6-8-17(27)9-7-15/h2-11,13,19H,12H2,1H3. The van der Waals surface area contributed by atoms with Crippen molar-refractivity contribution in [3.63, 3.8) is 0 Å². The number of carbonyl (C=O) groups excluding carboxylic acids is 2. The molecule has 164 valence electrons. The Morgan fingerprint density at radius 2 is 1.73 bits per heavy atom. The van der Waals surface area contributed by atoms with Crippen molar-refractivity contribution in [1.82, 2.24) is 0 Å². The molecule has 33 heavy (non-hydrogen) atoms. The summed E-state index contributed by atoms with van der Waals surface area (Å²) in [6.07, 6.45) is 1.39. The van der Waals surface area contributed by atoms with Crippen molar-refractivity contribution >= 4 is 22.9 Å². The molecule has 0 amide bonds. The average molecular weight is 444 g/mol. The van der Waals surface area contributed by atoms with Crippen molar-refractivity contribution in [2.24, 2.45) is 0 Å². The van der Waals surface area contributed by atoms with Gasteiger partial charge in [-0.25, -0.2) is 9.18 Å².